The van der Waals surface area contributed by atoms with E-state index in [4.69, 9.17) is 10.00 Å². The zero-order chi connectivity index (χ0) is 21.5. The number of ether oxygens (including phenoxy) is 1. The van der Waals surface area contributed by atoms with Gasteiger partial charge in [0.25, 0.3) is 0 Å². The number of morpholine rings is 1. The Hall–Kier alpha value is -3.36. The van der Waals surface area contributed by atoms with Crippen LogP contribution in [0.1, 0.15) is 29.2 Å². The predicted molar refractivity (Wildman–Crippen MR) is 125 cm³/mol. The fourth-order valence-electron chi connectivity index (χ4n) is 3.44. The summed E-state index contributed by atoms with van der Waals surface area (Å²) in [7, 11) is 0. The first-order valence-corrected chi connectivity index (χ1v) is 10.1. The molecule has 0 radical (unpaired) electrons. The summed E-state index contributed by atoms with van der Waals surface area (Å²) < 4.78 is 5.47. The average molecular weight is 401 g/mol. The Morgan fingerprint density at radius 1 is 1.20 bits per heavy atom. The molecule has 1 fully saturated rings. The van der Waals surface area contributed by atoms with Crippen LogP contribution in [0.15, 0.2) is 60.2 Å². The molecule has 1 heterocycles. The minimum atomic E-state index is 0.620. The molecule has 1 saturated heterocycles. The van der Waals surface area contributed by atoms with E-state index in [1.54, 1.807) is 12.3 Å². The molecule has 0 amide bonds. The first kappa shape index (κ1) is 21.4. The van der Waals surface area contributed by atoms with Gasteiger partial charge < -0.3 is 15.0 Å². The van der Waals surface area contributed by atoms with Crippen LogP contribution in [0.3, 0.4) is 0 Å². The van der Waals surface area contributed by atoms with Crippen molar-refractivity contribution in [3.63, 3.8) is 0 Å². The molecule has 5 nitrogen and oxygen atoms in total. The van der Waals surface area contributed by atoms with Crippen LogP contribution < -0.4 is 10.2 Å². The van der Waals surface area contributed by atoms with Gasteiger partial charge in [0.05, 0.1) is 24.8 Å². The molecule has 0 unspecified atom stereocenters. The SMILES string of the molecule is C=C(/C=C\N=C(C)Nc1ccc(N2CCOCC2)c(C)c1C)c1cccc(C#N)c1. The van der Waals surface area contributed by atoms with E-state index in [2.05, 4.69) is 53.8 Å². The van der Waals surface area contributed by atoms with Gasteiger partial charge in [-0.1, -0.05) is 18.7 Å². The molecule has 2 aromatic rings. The maximum absolute atomic E-state index is 9.03. The molecule has 0 aromatic heterocycles. The third kappa shape index (κ3) is 5.16. The third-order valence-corrected chi connectivity index (χ3v) is 5.33. The van der Waals surface area contributed by atoms with Crippen molar-refractivity contribution in [1.29, 1.82) is 5.26 Å². The van der Waals surface area contributed by atoms with Crippen LogP contribution >= 0.6 is 0 Å². The summed E-state index contributed by atoms with van der Waals surface area (Å²) in [5, 5.41) is 12.4. The van der Waals surface area contributed by atoms with E-state index in [-0.39, 0.29) is 0 Å². The number of hydrogen-bond donors (Lipinski definition) is 1. The second-order valence-electron chi connectivity index (χ2n) is 7.35. The zero-order valence-corrected chi connectivity index (χ0v) is 17.9. The topological polar surface area (TPSA) is 60.6 Å². The van der Waals surface area contributed by atoms with Crippen LogP contribution in [0.4, 0.5) is 11.4 Å². The van der Waals surface area contributed by atoms with Gasteiger partial charge in [-0.25, -0.2) is 4.99 Å². The Bertz CT molecular complexity index is 1020. The number of nitrogens with one attached hydrogen (secondary N) is 1. The highest BCUT2D eigenvalue weighted by atomic mass is 16.5. The van der Waals surface area contributed by atoms with Gasteiger partial charge in [-0.2, -0.15) is 5.26 Å². The molecule has 1 N–H and O–H groups in total. The smallest absolute Gasteiger partial charge is 0.103 e. The third-order valence-electron chi connectivity index (χ3n) is 5.33. The van der Waals surface area contributed by atoms with Crippen LogP contribution in [0.5, 0.6) is 0 Å². The van der Waals surface area contributed by atoms with Crippen LogP contribution in [0, 0.1) is 25.2 Å². The quantitative estimate of drug-likeness (QED) is 0.432. The van der Waals surface area contributed by atoms with E-state index in [1.165, 1.54) is 16.8 Å². The summed E-state index contributed by atoms with van der Waals surface area (Å²) in [5.74, 6) is 0.798. The monoisotopic (exact) mass is 400 g/mol. The van der Waals surface area contributed by atoms with Gasteiger partial charge in [-0.3, -0.25) is 0 Å². The average Bonchev–Trinajstić information content (AvgIpc) is 2.77. The summed E-state index contributed by atoms with van der Waals surface area (Å²) >= 11 is 0. The van der Waals surface area contributed by atoms with Gasteiger partial charge in [-0.05, 0) is 73.4 Å². The number of nitriles is 1. The fraction of sp³-hybridized carbons (Fsp3) is 0.280. The van der Waals surface area contributed by atoms with Crippen molar-refractivity contribution in [2.75, 3.05) is 36.5 Å². The Labute approximate surface area is 179 Å². The van der Waals surface area contributed by atoms with Crippen molar-refractivity contribution in [3.8, 4) is 6.07 Å². The van der Waals surface area contributed by atoms with Gasteiger partial charge in [0.15, 0.2) is 0 Å². The van der Waals surface area contributed by atoms with Gasteiger partial charge in [-0.15, -0.1) is 0 Å². The summed E-state index contributed by atoms with van der Waals surface area (Å²) in [6.07, 6.45) is 3.58. The molecule has 1 aliphatic rings. The molecule has 0 spiro atoms. The largest absolute Gasteiger partial charge is 0.378 e. The predicted octanol–water partition coefficient (Wildman–Crippen LogP) is 5.07. The molecular formula is C25H28N4O. The van der Waals surface area contributed by atoms with Crippen molar-refractivity contribution in [2.45, 2.75) is 20.8 Å². The molecule has 5 heteroatoms. The summed E-state index contributed by atoms with van der Waals surface area (Å²) in [6, 6.07) is 13.8. The van der Waals surface area contributed by atoms with E-state index < -0.39 is 0 Å². The van der Waals surface area contributed by atoms with Gasteiger partial charge in [0.1, 0.15) is 5.84 Å². The lowest BCUT2D eigenvalue weighted by Gasteiger charge is -2.31. The number of rotatable bonds is 5. The highest BCUT2D eigenvalue weighted by Crippen LogP contribution is 2.29. The van der Waals surface area contributed by atoms with Crippen molar-refractivity contribution >= 4 is 22.8 Å². The summed E-state index contributed by atoms with van der Waals surface area (Å²) in [4.78, 5) is 6.86. The molecule has 2 aromatic carbocycles. The van der Waals surface area contributed by atoms with Gasteiger partial charge >= 0.3 is 0 Å². The molecule has 0 aliphatic carbocycles. The van der Waals surface area contributed by atoms with Crippen LogP contribution in [0.2, 0.25) is 0 Å². The molecule has 30 heavy (non-hydrogen) atoms. The van der Waals surface area contributed by atoms with Crippen LogP contribution in [-0.2, 0) is 4.74 Å². The first-order valence-electron chi connectivity index (χ1n) is 10.1. The number of allylic oxidation sites excluding steroid dienone is 2. The van der Waals surface area contributed by atoms with Crippen LogP contribution in [-0.4, -0.2) is 32.1 Å². The molecule has 0 atom stereocenters. The molecular weight excluding hydrogens is 372 g/mol. The zero-order valence-electron chi connectivity index (χ0n) is 17.9. The lowest BCUT2D eigenvalue weighted by Crippen LogP contribution is -2.36. The number of nitrogens with zero attached hydrogens (tertiary/aromatic N) is 3. The van der Waals surface area contributed by atoms with Crippen molar-refractivity contribution in [3.05, 3.63) is 77.5 Å². The van der Waals surface area contributed by atoms with Crippen molar-refractivity contribution in [1.82, 2.24) is 0 Å². The Morgan fingerprint density at radius 3 is 2.70 bits per heavy atom. The summed E-state index contributed by atoms with van der Waals surface area (Å²) in [6.45, 7) is 13.7. The minimum Gasteiger partial charge on any atom is -0.378 e. The van der Waals surface area contributed by atoms with Gasteiger partial charge in [0, 0.05) is 30.7 Å². The lowest BCUT2D eigenvalue weighted by atomic mass is 10.0. The number of anilines is 2. The minimum absolute atomic E-state index is 0.620. The number of amidine groups is 1. The standard InChI is InChI=1S/C25H28N4O/c1-18(23-7-5-6-22(16-23)17-26)10-11-27-21(4)28-24-8-9-25(20(3)19(24)2)29-12-14-30-15-13-29/h5-11,16H,1,12-15H2,2-4H3,(H,27,28)/b11-10-. The Balaban J connectivity index is 1.67. The van der Waals surface area contributed by atoms with Crippen molar-refractivity contribution < 1.29 is 4.74 Å². The number of hydrogen-bond acceptors (Lipinski definition) is 4. The molecule has 3 rings (SSSR count). The Morgan fingerprint density at radius 2 is 1.97 bits per heavy atom. The van der Waals surface area contributed by atoms with Crippen molar-refractivity contribution in [2.24, 2.45) is 4.99 Å². The normalized spacial score (nSPS) is 14.6. The molecule has 0 bridgehead atoms. The van der Waals surface area contributed by atoms with E-state index in [9.17, 15) is 0 Å². The van der Waals surface area contributed by atoms with E-state index in [0.717, 1.165) is 49.0 Å². The highest BCUT2D eigenvalue weighted by molar-refractivity contribution is 5.95. The first-order chi connectivity index (χ1) is 14.5. The number of benzene rings is 2. The second kappa shape index (κ2) is 9.91. The fourth-order valence-corrected chi connectivity index (χ4v) is 3.44. The Kier molecular flexibility index (Phi) is 7.05. The van der Waals surface area contributed by atoms with E-state index in [0.29, 0.717) is 5.56 Å². The maximum Gasteiger partial charge on any atom is 0.103 e. The molecule has 154 valence electrons. The number of aliphatic imine (C=N–C) groups is 1. The molecule has 1 aliphatic heterocycles. The highest BCUT2D eigenvalue weighted by Gasteiger charge is 2.15. The summed E-state index contributed by atoms with van der Waals surface area (Å²) in [5.41, 5.74) is 7.16. The van der Waals surface area contributed by atoms with Crippen LogP contribution in [0.25, 0.3) is 5.57 Å². The van der Waals surface area contributed by atoms with E-state index >= 15 is 0 Å². The maximum atomic E-state index is 9.03. The lowest BCUT2D eigenvalue weighted by molar-refractivity contribution is 0.122. The molecule has 0 saturated carbocycles. The van der Waals surface area contributed by atoms with E-state index in [1.807, 2.05) is 31.2 Å². The second-order valence-corrected chi connectivity index (χ2v) is 7.35. The van der Waals surface area contributed by atoms with Gasteiger partial charge in [0.2, 0.25) is 0 Å².